The van der Waals surface area contributed by atoms with Gasteiger partial charge in [0.1, 0.15) is 6.33 Å². The van der Waals surface area contributed by atoms with Gasteiger partial charge in [0.15, 0.2) is 4.34 Å². The van der Waals surface area contributed by atoms with E-state index in [9.17, 15) is 0 Å². The Morgan fingerprint density at radius 2 is 2.12 bits per heavy atom. The molecule has 90 valence electrons. The van der Waals surface area contributed by atoms with Crippen LogP contribution in [0.3, 0.4) is 0 Å². The van der Waals surface area contributed by atoms with Crippen molar-refractivity contribution in [3.05, 3.63) is 41.7 Å². The standard InChI is InChI=1S/C12H15N3S2/c1-8-5-3-4-6-10(8)11(9(2)13)16-12-14-7-15-17-12/h3-7,9,11H,13H2,1-2H3. The van der Waals surface area contributed by atoms with Crippen LogP contribution in [-0.2, 0) is 0 Å². The third-order valence-electron chi connectivity index (χ3n) is 2.54. The van der Waals surface area contributed by atoms with E-state index in [1.807, 2.05) is 13.0 Å². The minimum atomic E-state index is 0.0741. The number of thioether (sulfide) groups is 1. The number of aryl methyl sites for hydroxylation is 1. The summed E-state index contributed by atoms with van der Waals surface area (Å²) in [5, 5.41) is 0.226. The molecule has 0 amide bonds. The number of nitrogens with two attached hydrogens (primary N) is 1. The molecule has 0 aliphatic carbocycles. The van der Waals surface area contributed by atoms with Crippen molar-refractivity contribution in [3.8, 4) is 0 Å². The van der Waals surface area contributed by atoms with Gasteiger partial charge in [-0.1, -0.05) is 36.0 Å². The Morgan fingerprint density at radius 3 is 2.71 bits per heavy atom. The quantitative estimate of drug-likeness (QED) is 0.863. The number of hydrogen-bond acceptors (Lipinski definition) is 5. The summed E-state index contributed by atoms with van der Waals surface area (Å²) in [7, 11) is 0. The van der Waals surface area contributed by atoms with Gasteiger partial charge in [0.25, 0.3) is 0 Å². The van der Waals surface area contributed by atoms with Crippen LogP contribution in [0.25, 0.3) is 0 Å². The van der Waals surface area contributed by atoms with Crippen molar-refractivity contribution < 1.29 is 0 Å². The molecule has 0 aliphatic heterocycles. The first-order valence-electron chi connectivity index (χ1n) is 5.43. The normalized spacial score (nSPS) is 14.5. The highest BCUT2D eigenvalue weighted by molar-refractivity contribution is 8.01. The van der Waals surface area contributed by atoms with Crippen molar-refractivity contribution in [1.29, 1.82) is 0 Å². The van der Waals surface area contributed by atoms with Crippen molar-refractivity contribution in [2.24, 2.45) is 5.73 Å². The number of nitrogens with zero attached hydrogens (tertiary/aromatic N) is 2. The molecule has 2 rings (SSSR count). The third kappa shape index (κ3) is 3.06. The summed E-state index contributed by atoms with van der Waals surface area (Å²) < 4.78 is 4.99. The predicted molar refractivity (Wildman–Crippen MR) is 73.3 cm³/mol. The first kappa shape index (κ1) is 12.5. The summed E-state index contributed by atoms with van der Waals surface area (Å²) in [4.78, 5) is 4.21. The maximum atomic E-state index is 6.09. The number of hydrogen-bond donors (Lipinski definition) is 1. The van der Waals surface area contributed by atoms with E-state index < -0.39 is 0 Å². The Labute approximate surface area is 110 Å². The average molecular weight is 265 g/mol. The second-order valence-corrected chi connectivity index (χ2v) is 6.13. The molecule has 1 heterocycles. The molecule has 0 fully saturated rings. The molecule has 5 heteroatoms. The summed E-state index contributed by atoms with van der Waals surface area (Å²) in [6.45, 7) is 4.15. The highest BCUT2D eigenvalue weighted by Gasteiger charge is 2.20. The van der Waals surface area contributed by atoms with E-state index >= 15 is 0 Å². The minimum Gasteiger partial charge on any atom is -0.327 e. The minimum absolute atomic E-state index is 0.0741. The summed E-state index contributed by atoms with van der Waals surface area (Å²) in [6, 6.07) is 8.43. The second-order valence-electron chi connectivity index (χ2n) is 3.96. The van der Waals surface area contributed by atoms with Crippen LogP contribution in [0.2, 0.25) is 0 Å². The summed E-state index contributed by atoms with van der Waals surface area (Å²) in [5.74, 6) is 0. The van der Waals surface area contributed by atoms with Crippen LogP contribution in [0.4, 0.5) is 0 Å². The van der Waals surface area contributed by atoms with Crippen LogP contribution in [0.1, 0.15) is 23.3 Å². The van der Waals surface area contributed by atoms with Gasteiger partial charge in [-0.25, -0.2) is 4.98 Å². The predicted octanol–water partition coefficient (Wildman–Crippen LogP) is 3.03. The molecular formula is C12H15N3S2. The molecule has 1 aromatic carbocycles. The summed E-state index contributed by atoms with van der Waals surface area (Å²) in [5.41, 5.74) is 8.64. The Kier molecular flexibility index (Phi) is 4.15. The van der Waals surface area contributed by atoms with E-state index in [0.717, 1.165) is 4.34 Å². The Hall–Kier alpha value is -0.910. The van der Waals surface area contributed by atoms with Gasteiger partial charge in [-0.2, -0.15) is 4.37 Å². The second kappa shape index (κ2) is 5.62. The lowest BCUT2D eigenvalue weighted by Crippen LogP contribution is -2.23. The van der Waals surface area contributed by atoms with Gasteiger partial charge in [0, 0.05) is 6.04 Å². The van der Waals surface area contributed by atoms with E-state index in [0.29, 0.717) is 0 Å². The molecule has 2 atom stereocenters. The molecule has 2 unspecified atom stereocenters. The van der Waals surface area contributed by atoms with E-state index in [-0.39, 0.29) is 11.3 Å². The Morgan fingerprint density at radius 1 is 1.35 bits per heavy atom. The first-order valence-corrected chi connectivity index (χ1v) is 7.08. The van der Waals surface area contributed by atoms with Gasteiger partial charge in [-0.3, -0.25) is 0 Å². The average Bonchev–Trinajstić information content (AvgIpc) is 2.79. The van der Waals surface area contributed by atoms with Crippen LogP contribution in [0, 0.1) is 6.92 Å². The van der Waals surface area contributed by atoms with Gasteiger partial charge in [-0.15, -0.1) is 0 Å². The molecular weight excluding hydrogens is 250 g/mol. The van der Waals surface area contributed by atoms with Crippen molar-refractivity contribution in [3.63, 3.8) is 0 Å². The van der Waals surface area contributed by atoms with E-state index in [1.54, 1.807) is 18.1 Å². The molecule has 3 nitrogen and oxygen atoms in total. The van der Waals surface area contributed by atoms with E-state index in [4.69, 9.17) is 5.73 Å². The van der Waals surface area contributed by atoms with Gasteiger partial charge >= 0.3 is 0 Å². The molecule has 0 spiro atoms. The smallest absolute Gasteiger partial charge is 0.170 e. The fourth-order valence-corrected chi connectivity index (χ4v) is 3.51. The Balaban J connectivity index is 2.27. The SMILES string of the molecule is Cc1ccccc1C(Sc1ncns1)C(C)N. The zero-order chi connectivity index (χ0) is 12.3. The highest BCUT2D eigenvalue weighted by atomic mass is 32.2. The lowest BCUT2D eigenvalue weighted by molar-refractivity contribution is 0.718. The lowest BCUT2D eigenvalue weighted by atomic mass is 10.0. The van der Waals surface area contributed by atoms with Crippen LogP contribution >= 0.6 is 23.3 Å². The fourth-order valence-electron chi connectivity index (χ4n) is 1.68. The molecule has 0 saturated carbocycles. The number of benzene rings is 1. The van der Waals surface area contributed by atoms with Gasteiger partial charge in [-0.05, 0) is 36.5 Å². The molecule has 0 bridgehead atoms. The molecule has 2 N–H and O–H groups in total. The van der Waals surface area contributed by atoms with Crippen LogP contribution in [0.5, 0.6) is 0 Å². The lowest BCUT2D eigenvalue weighted by Gasteiger charge is -2.21. The van der Waals surface area contributed by atoms with Crippen LogP contribution in [-0.4, -0.2) is 15.4 Å². The van der Waals surface area contributed by atoms with Crippen molar-refractivity contribution >= 4 is 23.3 Å². The van der Waals surface area contributed by atoms with Crippen molar-refractivity contribution in [1.82, 2.24) is 9.36 Å². The number of rotatable bonds is 4. The van der Waals surface area contributed by atoms with Gasteiger partial charge < -0.3 is 5.73 Å². The zero-order valence-corrected chi connectivity index (χ0v) is 11.5. The summed E-state index contributed by atoms with van der Waals surface area (Å²) >= 11 is 3.11. The van der Waals surface area contributed by atoms with Crippen LogP contribution < -0.4 is 5.73 Å². The molecule has 17 heavy (non-hydrogen) atoms. The molecule has 0 radical (unpaired) electrons. The largest absolute Gasteiger partial charge is 0.327 e. The highest BCUT2D eigenvalue weighted by Crippen LogP contribution is 2.38. The van der Waals surface area contributed by atoms with Gasteiger partial charge in [0.2, 0.25) is 0 Å². The Bertz CT molecular complexity index is 468. The maximum Gasteiger partial charge on any atom is 0.170 e. The summed E-state index contributed by atoms with van der Waals surface area (Å²) in [6.07, 6.45) is 1.59. The molecule has 1 aromatic heterocycles. The monoisotopic (exact) mass is 265 g/mol. The number of aromatic nitrogens is 2. The van der Waals surface area contributed by atoms with Crippen LogP contribution in [0.15, 0.2) is 34.9 Å². The van der Waals surface area contributed by atoms with Crippen molar-refractivity contribution in [2.45, 2.75) is 29.5 Å². The third-order valence-corrected chi connectivity index (χ3v) is 4.76. The van der Waals surface area contributed by atoms with Crippen molar-refractivity contribution in [2.75, 3.05) is 0 Å². The molecule has 0 aliphatic rings. The maximum absolute atomic E-state index is 6.09. The van der Waals surface area contributed by atoms with E-state index in [2.05, 4.69) is 34.5 Å². The van der Waals surface area contributed by atoms with Gasteiger partial charge in [0.05, 0.1) is 5.25 Å². The molecule has 2 aromatic rings. The zero-order valence-electron chi connectivity index (χ0n) is 9.83. The molecule has 0 saturated heterocycles. The first-order chi connectivity index (χ1) is 8.18. The fraction of sp³-hybridized carbons (Fsp3) is 0.333. The van der Waals surface area contributed by atoms with E-state index in [1.165, 1.54) is 22.7 Å². The topological polar surface area (TPSA) is 51.8 Å².